The number of aromatic nitrogens is 1. The van der Waals surface area contributed by atoms with Crippen molar-refractivity contribution in [1.82, 2.24) is 4.98 Å². The summed E-state index contributed by atoms with van der Waals surface area (Å²) in [6, 6.07) is 11.0. The van der Waals surface area contributed by atoms with E-state index in [1.807, 2.05) is 25.1 Å². The molecule has 21 heavy (non-hydrogen) atoms. The van der Waals surface area contributed by atoms with Gasteiger partial charge in [-0.2, -0.15) is 0 Å². The summed E-state index contributed by atoms with van der Waals surface area (Å²) in [6.45, 7) is 4.48. The van der Waals surface area contributed by atoms with Crippen molar-refractivity contribution in [2.24, 2.45) is 0 Å². The van der Waals surface area contributed by atoms with Crippen LogP contribution in [0.1, 0.15) is 35.7 Å². The number of carbonyl (C=O) groups is 1. The van der Waals surface area contributed by atoms with Crippen LogP contribution >= 0.6 is 0 Å². The van der Waals surface area contributed by atoms with Crippen LogP contribution < -0.4 is 5.73 Å². The monoisotopic (exact) mass is 284 g/mol. The molecule has 0 radical (unpaired) electrons. The fraction of sp³-hybridized carbons (Fsp3) is 0.294. The van der Waals surface area contributed by atoms with Crippen LogP contribution in [0.25, 0.3) is 11.3 Å². The lowest BCUT2D eigenvalue weighted by atomic mass is 10.0. The number of rotatable bonds is 5. The molecule has 0 spiro atoms. The third-order valence-corrected chi connectivity index (χ3v) is 3.22. The molecule has 0 aliphatic rings. The topological polar surface area (TPSA) is 65.2 Å². The summed E-state index contributed by atoms with van der Waals surface area (Å²) in [7, 11) is 0. The van der Waals surface area contributed by atoms with Crippen molar-refractivity contribution in [3.05, 3.63) is 47.5 Å². The van der Waals surface area contributed by atoms with E-state index in [1.54, 1.807) is 18.2 Å². The second kappa shape index (κ2) is 6.88. The number of ether oxygens (including phenoxy) is 1. The Morgan fingerprint density at radius 1 is 1.29 bits per heavy atom. The number of anilines is 1. The van der Waals surface area contributed by atoms with Crippen molar-refractivity contribution in [2.75, 3.05) is 12.3 Å². The van der Waals surface area contributed by atoms with Gasteiger partial charge >= 0.3 is 5.97 Å². The lowest BCUT2D eigenvalue weighted by Gasteiger charge is -2.08. The number of esters is 1. The highest BCUT2D eigenvalue weighted by Crippen LogP contribution is 2.23. The van der Waals surface area contributed by atoms with Gasteiger partial charge in [0.15, 0.2) is 0 Å². The highest BCUT2D eigenvalue weighted by molar-refractivity contribution is 5.91. The minimum Gasteiger partial charge on any atom is -0.462 e. The van der Waals surface area contributed by atoms with Gasteiger partial charge in [0.25, 0.3) is 0 Å². The first-order chi connectivity index (χ1) is 10.1. The maximum absolute atomic E-state index is 12.0. The van der Waals surface area contributed by atoms with Crippen molar-refractivity contribution >= 4 is 11.8 Å². The SMILES string of the molecule is CCCCOC(=O)c1cccc(-c2nc(N)ccc2C)c1. The second-order valence-corrected chi connectivity index (χ2v) is 4.97. The standard InChI is InChI=1S/C17H20N2O2/c1-3-4-10-21-17(20)14-7-5-6-13(11-14)16-12(2)8-9-15(18)19-16/h5-9,11H,3-4,10H2,1-2H3,(H2,18,19). The Hall–Kier alpha value is -2.36. The predicted molar refractivity (Wildman–Crippen MR) is 84.0 cm³/mol. The lowest BCUT2D eigenvalue weighted by Crippen LogP contribution is -2.06. The normalized spacial score (nSPS) is 10.4. The van der Waals surface area contributed by atoms with Gasteiger partial charge < -0.3 is 10.5 Å². The van der Waals surface area contributed by atoms with Crippen LogP contribution in [0.2, 0.25) is 0 Å². The number of unbranched alkanes of at least 4 members (excludes halogenated alkanes) is 1. The Balaban J connectivity index is 2.25. The molecule has 2 aromatic rings. The van der Waals surface area contributed by atoms with E-state index in [9.17, 15) is 4.79 Å². The van der Waals surface area contributed by atoms with E-state index >= 15 is 0 Å². The summed E-state index contributed by atoms with van der Waals surface area (Å²) in [6.07, 6.45) is 1.88. The minimum atomic E-state index is -0.299. The molecule has 0 aliphatic heterocycles. The Morgan fingerprint density at radius 2 is 2.10 bits per heavy atom. The van der Waals surface area contributed by atoms with Crippen molar-refractivity contribution in [1.29, 1.82) is 0 Å². The van der Waals surface area contributed by atoms with Crippen molar-refractivity contribution < 1.29 is 9.53 Å². The van der Waals surface area contributed by atoms with Crippen LogP contribution in [0.15, 0.2) is 36.4 Å². The zero-order chi connectivity index (χ0) is 15.2. The second-order valence-electron chi connectivity index (χ2n) is 4.97. The fourth-order valence-electron chi connectivity index (χ4n) is 2.02. The average molecular weight is 284 g/mol. The molecule has 0 aliphatic carbocycles. The van der Waals surface area contributed by atoms with Gasteiger partial charge in [-0.05, 0) is 37.1 Å². The summed E-state index contributed by atoms with van der Waals surface area (Å²) in [5.74, 6) is 0.165. The summed E-state index contributed by atoms with van der Waals surface area (Å²) < 4.78 is 5.23. The molecule has 1 heterocycles. The molecule has 0 unspecified atom stereocenters. The Labute approximate surface area is 125 Å². The van der Waals surface area contributed by atoms with Gasteiger partial charge in [-0.25, -0.2) is 9.78 Å². The largest absolute Gasteiger partial charge is 0.462 e. The van der Waals surface area contributed by atoms with E-state index < -0.39 is 0 Å². The first-order valence-corrected chi connectivity index (χ1v) is 7.12. The van der Waals surface area contributed by atoms with E-state index in [4.69, 9.17) is 10.5 Å². The van der Waals surface area contributed by atoms with Gasteiger partial charge in [-0.3, -0.25) is 0 Å². The Kier molecular flexibility index (Phi) is 4.93. The number of hydrogen-bond acceptors (Lipinski definition) is 4. The van der Waals surface area contributed by atoms with Crippen molar-refractivity contribution in [2.45, 2.75) is 26.7 Å². The van der Waals surface area contributed by atoms with Gasteiger partial charge in [-0.1, -0.05) is 31.5 Å². The third-order valence-electron chi connectivity index (χ3n) is 3.22. The molecular formula is C17H20N2O2. The summed E-state index contributed by atoms with van der Waals surface area (Å²) in [5, 5.41) is 0. The van der Waals surface area contributed by atoms with Gasteiger partial charge in [0.2, 0.25) is 0 Å². The molecule has 1 aromatic carbocycles. The van der Waals surface area contributed by atoms with E-state index in [-0.39, 0.29) is 5.97 Å². The molecule has 2 N–H and O–H groups in total. The molecule has 0 amide bonds. The maximum atomic E-state index is 12.0. The van der Waals surface area contributed by atoms with Crippen LogP contribution in [-0.2, 0) is 4.74 Å². The fourth-order valence-corrected chi connectivity index (χ4v) is 2.02. The van der Waals surface area contributed by atoms with Gasteiger partial charge in [0.05, 0.1) is 17.9 Å². The molecule has 2 rings (SSSR count). The summed E-state index contributed by atoms with van der Waals surface area (Å²) in [4.78, 5) is 16.3. The summed E-state index contributed by atoms with van der Waals surface area (Å²) in [5.41, 5.74) is 8.95. The molecular weight excluding hydrogens is 264 g/mol. The van der Waals surface area contributed by atoms with Crippen LogP contribution in [0, 0.1) is 6.92 Å². The van der Waals surface area contributed by atoms with E-state index in [1.165, 1.54) is 0 Å². The van der Waals surface area contributed by atoms with Crippen LogP contribution in [-0.4, -0.2) is 17.6 Å². The predicted octanol–water partition coefficient (Wildman–Crippen LogP) is 3.60. The van der Waals surface area contributed by atoms with Gasteiger partial charge in [0, 0.05) is 5.56 Å². The van der Waals surface area contributed by atoms with E-state index in [0.717, 1.165) is 29.7 Å². The summed E-state index contributed by atoms with van der Waals surface area (Å²) >= 11 is 0. The molecule has 0 atom stereocenters. The molecule has 4 heteroatoms. The zero-order valence-corrected chi connectivity index (χ0v) is 12.4. The number of pyridine rings is 1. The number of nitrogens with two attached hydrogens (primary N) is 1. The Bertz CT molecular complexity index is 638. The zero-order valence-electron chi connectivity index (χ0n) is 12.4. The number of carbonyl (C=O) groups excluding carboxylic acids is 1. The number of benzene rings is 1. The van der Waals surface area contributed by atoms with Crippen LogP contribution in [0.3, 0.4) is 0 Å². The van der Waals surface area contributed by atoms with Gasteiger partial charge in [0.1, 0.15) is 5.82 Å². The van der Waals surface area contributed by atoms with Crippen LogP contribution in [0.4, 0.5) is 5.82 Å². The van der Waals surface area contributed by atoms with Crippen LogP contribution in [0.5, 0.6) is 0 Å². The number of hydrogen-bond donors (Lipinski definition) is 1. The molecule has 1 aromatic heterocycles. The highest BCUT2D eigenvalue weighted by Gasteiger charge is 2.10. The quantitative estimate of drug-likeness (QED) is 0.673. The number of aryl methyl sites for hydroxylation is 1. The van der Waals surface area contributed by atoms with Gasteiger partial charge in [-0.15, -0.1) is 0 Å². The molecule has 4 nitrogen and oxygen atoms in total. The lowest BCUT2D eigenvalue weighted by molar-refractivity contribution is 0.0500. The molecule has 0 saturated carbocycles. The molecule has 110 valence electrons. The minimum absolute atomic E-state index is 0.299. The molecule has 0 fully saturated rings. The Morgan fingerprint density at radius 3 is 2.86 bits per heavy atom. The van der Waals surface area contributed by atoms with Crippen molar-refractivity contribution in [3.63, 3.8) is 0 Å². The first-order valence-electron chi connectivity index (χ1n) is 7.12. The maximum Gasteiger partial charge on any atom is 0.338 e. The molecule has 0 saturated heterocycles. The average Bonchev–Trinajstić information content (AvgIpc) is 2.50. The van der Waals surface area contributed by atoms with E-state index in [0.29, 0.717) is 18.0 Å². The van der Waals surface area contributed by atoms with E-state index in [2.05, 4.69) is 11.9 Å². The number of nitrogen functional groups attached to an aromatic ring is 1. The molecule has 0 bridgehead atoms. The highest BCUT2D eigenvalue weighted by atomic mass is 16.5. The number of nitrogens with zero attached hydrogens (tertiary/aromatic N) is 1. The first kappa shape index (κ1) is 15.0. The van der Waals surface area contributed by atoms with Crippen molar-refractivity contribution in [3.8, 4) is 11.3 Å². The smallest absolute Gasteiger partial charge is 0.338 e. The third kappa shape index (κ3) is 3.81.